The standard InChI is InChI=1S/C13H26N4O2/c1-10-6-3-4-8-17(10)9-5-7-15-11(2)12(18)16-13(14)19/h10-11,15H,3-9H2,1-2H3,(H3,14,16,18,19). The van der Waals surface area contributed by atoms with Gasteiger partial charge < -0.3 is 16.0 Å². The minimum Gasteiger partial charge on any atom is -0.351 e. The molecule has 1 saturated heterocycles. The molecule has 4 N–H and O–H groups in total. The summed E-state index contributed by atoms with van der Waals surface area (Å²) in [6.45, 7) is 6.99. The smallest absolute Gasteiger partial charge is 0.318 e. The molecule has 3 amide bonds. The molecule has 0 saturated carbocycles. The van der Waals surface area contributed by atoms with Crippen molar-refractivity contribution in [2.45, 2.75) is 51.6 Å². The van der Waals surface area contributed by atoms with E-state index < -0.39 is 12.1 Å². The molecule has 6 nitrogen and oxygen atoms in total. The molecule has 1 aliphatic rings. The highest BCUT2D eigenvalue weighted by molar-refractivity contribution is 5.96. The maximum Gasteiger partial charge on any atom is 0.318 e. The first-order valence-electron chi connectivity index (χ1n) is 7.08. The summed E-state index contributed by atoms with van der Waals surface area (Å²) in [6.07, 6.45) is 4.90. The predicted molar refractivity (Wildman–Crippen MR) is 74.7 cm³/mol. The van der Waals surface area contributed by atoms with E-state index in [-0.39, 0.29) is 5.91 Å². The Balaban J connectivity index is 2.12. The molecule has 1 heterocycles. The van der Waals surface area contributed by atoms with Crippen molar-refractivity contribution in [2.75, 3.05) is 19.6 Å². The van der Waals surface area contributed by atoms with Gasteiger partial charge in [0.15, 0.2) is 0 Å². The first-order chi connectivity index (χ1) is 9.00. The van der Waals surface area contributed by atoms with Crippen LogP contribution in [0.25, 0.3) is 0 Å². The molecule has 2 unspecified atom stereocenters. The van der Waals surface area contributed by atoms with E-state index in [2.05, 4.69) is 22.5 Å². The number of amides is 3. The number of piperidine rings is 1. The third-order valence-corrected chi connectivity index (χ3v) is 3.65. The molecule has 0 radical (unpaired) electrons. The number of hydrogen-bond donors (Lipinski definition) is 3. The van der Waals surface area contributed by atoms with Gasteiger partial charge in [-0.1, -0.05) is 6.42 Å². The van der Waals surface area contributed by atoms with Gasteiger partial charge in [0.05, 0.1) is 6.04 Å². The van der Waals surface area contributed by atoms with Gasteiger partial charge in [-0.3, -0.25) is 10.1 Å². The fourth-order valence-corrected chi connectivity index (χ4v) is 2.41. The van der Waals surface area contributed by atoms with Crippen molar-refractivity contribution in [3.05, 3.63) is 0 Å². The van der Waals surface area contributed by atoms with Gasteiger partial charge in [0.2, 0.25) is 5.91 Å². The first kappa shape index (κ1) is 15.9. The van der Waals surface area contributed by atoms with Gasteiger partial charge >= 0.3 is 6.03 Å². The number of hydrogen-bond acceptors (Lipinski definition) is 4. The molecule has 0 aromatic carbocycles. The van der Waals surface area contributed by atoms with Crippen LogP contribution in [0.2, 0.25) is 0 Å². The predicted octanol–water partition coefficient (Wildman–Crippen LogP) is 0.424. The quantitative estimate of drug-likeness (QED) is 0.611. The van der Waals surface area contributed by atoms with E-state index in [1.807, 2.05) is 0 Å². The highest BCUT2D eigenvalue weighted by Crippen LogP contribution is 2.15. The lowest BCUT2D eigenvalue weighted by Gasteiger charge is -2.33. The zero-order valence-electron chi connectivity index (χ0n) is 11.9. The van der Waals surface area contributed by atoms with Crippen molar-refractivity contribution in [2.24, 2.45) is 5.73 Å². The van der Waals surface area contributed by atoms with Crippen LogP contribution in [0.15, 0.2) is 0 Å². The molecule has 0 aliphatic carbocycles. The minimum atomic E-state index is -0.805. The number of primary amides is 1. The summed E-state index contributed by atoms with van der Waals surface area (Å²) in [5, 5.41) is 5.16. The second kappa shape index (κ2) is 8.12. The van der Waals surface area contributed by atoms with Crippen molar-refractivity contribution in [3.8, 4) is 0 Å². The Hall–Kier alpha value is -1.14. The van der Waals surface area contributed by atoms with Gasteiger partial charge in [0, 0.05) is 6.04 Å². The monoisotopic (exact) mass is 270 g/mol. The molecule has 110 valence electrons. The Morgan fingerprint density at radius 2 is 2.16 bits per heavy atom. The number of likely N-dealkylation sites (tertiary alicyclic amines) is 1. The van der Waals surface area contributed by atoms with E-state index >= 15 is 0 Å². The van der Waals surface area contributed by atoms with Crippen LogP contribution in [0.5, 0.6) is 0 Å². The molecule has 2 atom stereocenters. The molecular formula is C13H26N4O2. The van der Waals surface area contributed by atoms with Crippen molar-refractivity contribution in [1.29, 1.82) is 0 Å². The minimum absolute atomic E-state index is 0.376. The van der Waals surface area contributed by atoms with Crippen LogP contribution in [-0.2, 0) is 4.79 Å². The number of imide groups is 1. The summed E-state index contributed by atoms with van der Waals surface area (Å²) in [6, 6.07) is -0.531. The zero-order chi connectivity index (χ0) is 14.3. The summed E-state index contributed by atoms with van der Waals surface area (Å²) in [4.78, 5) is 24.5. The largest absolute Gasteiger partial charge is 0.351 e. The Morgan fingerprint density at radius 1 is 1.42 bits per heavy atom. The average molecular weight is 270 g/mol. The number of carbonyl (C=O) groups is 2. The van der Waals surface area contributed by atoms with Gasteiger partial charge in [-0.25, -0.2) is 4.79 Å². The summed E-state index contributed by atoms with van der Waals surface area (Å²) < 4.78 is 0. The lowest BCUT2D eigenvalue weighted by atomic mass is 10.0. The molecule has 0 bridgehead atoms. The highest BCUT2D eigenvalue weighted by Gasteiger charge is 2.18. The van der Waals surface area contributed by atoms with Gasteiger partial charge in [-0.2, -0.15) is 0 Å². The number of urea groups is 1. The molecular weight excluding hydrogens is 244 g/mol. The maximum absolute atomic E-state index is 11.4. The molecule has 0 aromatic heterocycles. The van der Waals surface area contributed by atoms with Crippen LogP contribution in [0.3, 0.4) is 0 Å². The van der Waals surface area contributed by atoms with Gasteiger partial charge in [0.1, 0.15) is 0 Å². The fourth-order valence-electron chi connectivity index (χ4n) is 2.41. The fraction of sp³-hybridized carbons (Fsp3) is 0.846. The molecule has 1 fully saturated rings. The summed E-state index contributed by atoms with van der Waals surface area (Å²) >= 11 is 0. The van der Waals surface area contributed by atoms with Crippen LogP contribution in [-0.4, -0.2) is 48.6 Å². The summed E-state index contributed by atoms with van der Waals surface area (Å²) in [5.74, 6) is -0.376. The van der Waals surface area contributed by atoms with Crippen LogP contribution in [0.4, 0.5) is 4.79 Å². The Bertz CT molecular complexity index is 309. The van der Waals surface area contributed by atoms with Crippen LogP contribution >= 0.6 is 0 Å². The highest BCUT2D eigenvalue weighted by atomic mass is 16.2. The topological polar surface area (TPSA) is 87.5 Å². The summed E-state index contributed by atoms with van der Waals surface area (Å²) in [5.41, 5.74) is 4.89. The Kier molecular flexibility index (Phi) is 6.80. The number of rotatable bonds is 6. The Morgan fingerprint density at radius 3 is 2.79 bits per heavy atom. The zero-order valence-corrected chi connectivity index (χ0v) is 11.9. The number of carbonyl (C=O) groups excluding carboxylic acids is 2. The molecule has 1 aliphatic heterocycles. The second-order valence-electron chi connectivity index (χ2n) is 5.26. The number of nitrogens with two attached hydrogens (primary N) is 1. The van der Waals surface area contributed by atoms with Crippen LogP contribution in [0.1, 0.15) is 39.5 Å². The van der Waals surface area contributed by atoms with Gasteiger partial charge in [0.25, 0.3) is 0 Å². The normalized spacial score (nSPS) is 21.9. The Labute approximate surface area is 115 Å². The third kappa shape index (κ3) is 6.02. The molecule has 0 aromatic rings. The van der Waals surface area contributed by atoms with Gasteiger partial charge in [-0.05, 0) is 52.7 Å². The van der Waals surface area contributed by atoms with Crippen LogP contribution < -0.4 is 16.4 Å². The SMILES string of the molecule is CC(NCCCN1CCCCC1C)C(=O)NC(N)=O. The van der Waals surface area contributed by atoms with Gasteiger partial charge in [-0.15, -0.1) is 0 Å². The molecule has 6 heteroatoms. The van der Waals surface area contributed by atoms with E-state index in [0.29, 0.717) is 6.04 Å². The van der Waals surface area contributed by atoms with Crippen molar-refractivity contribution in [1.82, 2.24) is 15.5 Å². The molecule has 1 rings (SSSR count). The lowest BCUT2D eigenvalue weighted by molar-refractivity contribution is -0.121. The van der Waals surface area contributed by atoms with Crippen molar-refractivity contribution < 1.29 is 9.59 Å². The average Bonchev–Trinajstić information content (AvgIpc) is 2.35. The third-order valence-electron chi connectivity index (χ3n) is 3.65. The molecule has 0 spiro atoms. The van der Waals surface area contributed by atoms with Crippen molar-refractivity contribution in [3.63, 3.8) is 0 Å². The molecule has 19 heavy (non-hydrogen) atoms. The van der Waals surface area contributed by atoms with E-state index in [1.54, 1.807) is 6.92 Å². The van der Waals surface area contributed by atoms with Crippen molar-refractivity contribution >= 4 is 11.9 Å². The van der Waals surface area contributed by atoms with E-state index in [9.17, 15) is 9.59 Å². The van der Waals surface area contributed by atoms with E-state index in [4.69, 9.17) is 5.73 Å². The second-order valence-corrected chi connectivity index (χ2v) is 5.26. The first-order valence-corrected chi connectivity index (χ1v) is 7.08. The number of nitrogens with one attached hydrogen (secondary N) is 2. The van der Waals surface area contributed by atoms with E-state index in [1.165, 1.54) is 25.8 Å². The van der Waals surface area contributed by atoms with Crippen LogP contribution in [0, 0.1) is 0 Å². The summed E-state index contributed by atoms with van der Waals surface area (Å²) in [7, 11) is 0. The van der Waals surface area contributed by atoms with E-state index in [0.717, 1.165) is 19.5 Å². The maximum atomic E-state index is 11.4. The number of nitrogens with zero attached hydrogens (tertiary/aromatic N) is 1. The lowest BCUT2D eigenvalue weighted by Crippen LogP contribution is -2.47.